The third-order valence-corrected chi connectivity index (χ3v) is 4.31. The molecule has 4 heteroatoms. The van der Waals surface area contributed by atoms with E-state index in [-0.39, 0.29) is 0 Å². The summed E-state index contributed by atoms with van der Waals surface area (Å²) >= 11 is 0. The molecule has 3 rings (SSSR count). The van der Waals surface area contributed by atoms with Crippen molar-refractivity contribution in [2.24, 2.45) is 18.9 Å². The molecule has 1 aromatic heterocycles. The van der Waals surface area contributed by atoms with Crippen LogP contribution in [0, 0.1) is 11.8 Å². The zero-order valence-electron chi connectivity index (χ0n) is 10.5. The lowest BCUT2D eigenvalue weighted by Gasteiger charge is -2.36. The van der Waals surface area contributed by atoms with E-state index in [2.05, 4.69) is 10.3 Å². The molecule has 0 spiro atoms. The third kappa shape index (κ3) is 2.51. The Bertz CT molecular complexity index is 399. The van der Waals surface area contributed by atoms with Gasteiger partial charge in [-0.25, -0.2) is 0 Å². The molecule has 0 radical (unpaired) electrons. The second kappa shape index (κ2) is 4.09. The Hall–Kier alpha value is -0.900. The smallest absolute Gasteiger partial charge is 0.0855 e. The highest BCUT2D eigenvalue weighted by Gasteiger charge is 2.41. The van der Waals surface area contributed by atoms with Gasteiger partial charge in [-0.3, -0.25) is 4.68 Å². The van der Waals surface area contributed by atoms with Crippen LogP contribution in [0.25, 0.3) is 0 Å². The van der Waals surface area contributed by atoms with Crippen LogP contribution in [0.5, 0.6) is 0 Å². The monoisotopic (exact) mass is 235 g/mol. The predicted octanol–water partition coefficient (Wildman–Crippen LogP) is 1.69. The topological polar surface area (TPSA) is 50.9 Å². The molecule has 4 nitrogen and oxygen atoms in total. The number of nitrogens with zero attached hydrogens (tertiary/aromatic N) is 3. The molecule has 0 aliphatic heterocycles. The molecule has 0 saturated heterocycles. The van der Waals surface area contributed by atoms with Crippen molar-refractivity contribution in [1.82, 2.24) is 15.0 Å². The average molecular weight is 235 g/mol. The number of hydrogen-bond acceptors (Lipinski definition) is 3. The van der Waals surface area contributed by atoms with Crippen molar-refractivity contribution in [1.29, 1.82) is 0 Å². The van der Waals surface area contributed by atoms with Gasteiger partial charge in [-0.2, -0.15) is 0 Å². The van der Waals surface area contributed by atoms with Crippen LogP contribution in [0.2, 0.25) is 0 Å². The minimum Gasteiger partial charge on any atom is -0.389 e. The number of hydrogen-bond donors (Lipinski definition) is 1. The Kier molecular flexibility index (Phi) is 2.69. The molecular weight excluding hydrogens is 214 g/mol. The van der Waals surface area contributed by atoms with E-state index >= 15 is 0 Å². The van der Waals surface area contributed by atoms with Crippen molar-refractivity contribution < 1.29 is 5.11 Å². The SMILES string of the molecule is Cn1cc(CC2(O)CCCC(C3CC3)C2)nn1. The summed E-state index contributed by atoms with van der Waals surface area (Å²) in [5, 5.41) is 18.7. The highest BCUT2D eigenvalue weighted by atomic mass is 16.3. The van der Waals surface area contributed by atoms with Crippen molar-refractivity contribution in [2.45, 2.75) is 50.5 Å². The maximum atomic E-state index is 10.7. The van der Waals surface area contributed by atoms with Crippen molar-refractivity contribution in [3.05, 3.63) is 11.9 Å². The first-order valence-electron chi connectivity index (χ1n) is 6.72. The second-order valence-electron chi connectivity index (χ2n) is 5.98. The minimum absolute atomic E-state index is 0.526. The fraction of sp³-hybridized carbons (Fsp3) is 0.846. The molecule has 17 heavy (non-hydrogen) atoms. The highest BCUT2D eigenvalue weighted by Crippen LogP contribution is 2.47. The van der Waals surface area contributed by atoms with E-state index in [4.69, 9.17) is 0 Å². The summed E-state index contributed by atoms with van der Waals surface area (Å²) in [6, 6.07) is 0. The predicted molar refractivity (Wildman–Crippen MR) is 64.3 cm³/mol. The Morgan fingerprint density at radius 1 is 1.41 bits per heavy atom. The van der Waals surface area contributed by atoms with Gasteiger partial charge in [-0.05, 0) is 43.9 Å². The highest BCUT2D eigenvalue weighted by molar-refractivity contribution is 5.02. The third-order valence-electron chi connectivity index (χ3n) is 4.31. The van der Waals surface area contributed by atoms with Gasteiger partial charge in [0.15, 0.2) is 0 Å². The van der Waals surface area contributed by atoms with Crippen LogP contribution in [-0.2, 0) is 13.5 Å². The zero-order chi connectivity index (χ0) is 11.9. The van der Waals surface area contributed by atoms with E-state index in [0.29, 0.717) is 6.42 Å². The standard InChI is InChI=1S/C13H21N3O/c1-16-9-12(14-15-16)8-13(17)6-2-3-11(7-13)10-4-5-10/h9-11,17H,2-8H2,1H3. The van der Waals surface area contributed by atoms with Gasteiger partial charge in [-0.1, -0.05) is 11.6 Å². The molecule has 2 atom stereocenters. The molecule has 2 saturated carbocycles. The first-order chi connectivity index (χ1) is 8.15. The largest absolute Gasteiger partial charge is 0.389 e. The molecule has 0 amide bonds. The van der Waals surface area contributed by atoms with Gasteiger partial charge in [0.2, 0.25) is 0 Å². The lowest BCUT2D eigenvalue weighted by Crippen LogP contribution is -2.38. The number of aromatic nitrogens is 3. The van der Waals surface area contributed by atoms with Crippen LogP contribution in [-0.4, -0.2) is 25.7 Å². The molecular formula is C13H21N3O. The van der Waals surface area contributed by atoms with Crippen LogP contribution in [0.4, 0.5) is 0 Å². The minimum atomic E-state index is -0.526. The van der Waals surface area contributed by atoms with Gasteiger partial charge in [0.25, 0.3) is 0 Å². The fourth-order valence-electron chi connectivity index (χ4n) is 3.33. The van der Waals surface area contributed by atoms with Crippen LogP contribution in [0.15, 0.2) is 6.20 Å². The Morgan fingerprint density at radius 3 is 2.88 bits per heavy atom. The van der Waals surface area contributed by atoms with E-state index in [1.807, 2.05) is 13.2 Å². The van der Waals surface area contributed by atoms with Gasteiger partial charge >= 0.3 is 0 Å². The van der Waals surface area contributed by atoms with Gasteiger partial charge in [0, 0.05) is 19.7 Å². The van der Waals surface area contributed by atoms with E-state index in [9.17, 15) is 5.11 Å². The molecule has 2 fully saturated rings. The lowest BCUT2D eigenvalue weighted by atomic mass is 9.74. The number of aliphatic hydroxyl groups is 1. The molecule has 1 N–H and O–H groups in total. The summed E-state index contributed by atoms with van der Waals surface area (Å²) < 4.78 is 1.71. The van der Waals surface area contributed by atoms with Crippen molar-refractivity contribution in [3.63, 3.8) is 0 Å². The van der Waals surface area contributed by atoms with Gasteiger partial charge < -0.3 is 5.11 Å². The molecule has 2 aliphatic carbocycles. The van der Waals surface area contributed by atoms with Crippen molar-refractivity contribution >= 4 is 0 Å². The summed E-state index contributed by atoms with van der Waals surface area (Å²) in [7, 11) is 1.87. The Labute approximate surface area is 102 Å². The summed E-state index contributed by atoms with van der Waals surface area (Å²) in [5.74, 6) is 1.66. The molecule has 94 valence electrons. The lowest BCUT2D eigenvalue weighted by molar-refractivity contribution is -0.0203. The summed E-state index contributed by atoms with van der Waals surface area (Å²) in [5.41, 5.74) is 0.396. The molecule has 1 heterocycles. The normalized spacial score (nSPS) is 33.9. The first-order valence-corrected chi connectivity index (χ1v) is 6.72. The summed E-state index contributed by atoms with van der Waals surface area (Å²) in [6.07, 6.45) is 9.72. The number of rotatable bonds is 3. The fourth-order valence-corrected chi connectivity index (χ4v) is 3.33. The van der Waals surface area contributed by atoms with Gasteiger partial charge in [-0.15, -0.1) is 5.10 Å². The first kappa shape index (κ1) is 11.2. The molecule has 2 aliphatic rings. The van der Waals surface area contributed by atoms with Gasteiger partial charge in [0.1, 0.15) is 0 Å². The van der Waals surface area contributed by atoms with Crippen LogP contribution < -0.4 is 0 Å². The Morgan fingerprint density at radius 2 is 2.24 bits per heavy atom. The van der Waals surface area contributed by atoms with Gasteiger partial charge in [0.05, 0.1) is 11.3 Å². The maximum absolute atomic E-state index is 10.7. The van der Waals surface area contributed by atoms with Crippen LogP contribution >= 0.6 is 0 Å². The zero-order valence-corrected chi connectivity index (χ0v) is 10.5. The van der Waals surface area contributed by atoms with E-state index < -0.39 is 5.60 Å². The quantitative estimate of drug-likeness (QED) is 0.867. The summed E-state index contributed by atoms with van der Waals surface area (Å²) in [6.45, 7) is 0. The number of aryl methyl sites for hydroxylation is 1. The maximum Gasteiger partial charge on any atom is 0.0855 e. The van der Waals surface area contributed by atoms with E-state index in [0.717, 1.165) is 36.8 Å². The van der Waals surface area contributed by atoms with E-state index in [1.165, 1.54) is 19.3 Å². The van der Waals surface area contributed by atoms with Crippen molar-refractivity contribution in [2.75, 3.05) is 0 Å². The molecule has 0 bridgehead atoms. The van der Waals surface area contributed by atoms with Crippen LogP contribution in [0.3, 0.4) is 0 Å². The van der Waals surface area contributed by atoms with Crippen LogP contribution in [0.1, 0.15) is 44.2 Å². The molecule has 2 unspecified atom stereocenters. The molecule has 0 aromatic carbocycles. The van der Waals surface area contributed by atoms with E-state index in [1.54, 1.807) is 4.68 Å². The second-order valence-corrected chi connectivity index (χ2v) is 5.98. The molecule has 1 aromatic rings. The average Bonchev–Trinajstić information content (AvgIpc) is 3.04. The Balaban J connectivity index is 1.67. The summed E-state index contributed by atoms with van der Waals surface area (Å²) in [4.78, 5) is 0. The van der Waals surface area contributed by atoms with Crippen molar-refractivity contribution in [3.8, 4) is 0 Å².